The molecule has 0 aromatic heterocycles. The highest BCUT2D eigenvalue weighted by Crippen LogP contribution is 2.44. The Hall–Kier alpha value is -1.70. The fourth-order valence-electron chi connectivity index (χ4n) is 4.52. The van der Waals surface area contributed by atoms with Crippen molar-refractivity contribution in [2.24, 2.45) is 23.7 Å². The summed E-state index contributed by atoms with van der Waals surface area (Å²) in [6, 6.07) is 0. The van der Waals surface area contributed by atoms with Gasteiger partial charge in [-0.05, 0) is 43.1 Å². The van der Waals surface area contributed by atoms with Crippen LogP contribution in [0.4, 0.5) is 0 Å². The molecule has 0 radical (unpaired) electrons. The lowest BCUT2D eigenvalue weighted by Gasteiger charge is -2.43. The van der Waals surface area contributed by atoms with Crippen LogP contribution in [0.1, 0.15) is 59.3 Å². The summed E-state index contributed by atoms with van der Waals surface area (Å²) in [7, 11) is 0. The molecule has 2 aliphatic carbocycles. The Bertz CT molecular complexity index is 656. The quantitative estimate of drug-likeness (QED) is 0.397. The van der Waals surface area contributed by atoms with Gasteiger partial charge in [0.1, 0.15) is 6.10 Å². The van der Waals surface area contributed by atoms with E-state index in [1.54, 1.807) is 0 Å². The molecule has 170 valence electrons. The molecular weight excluding hydrogens is 388 g/mol. The van der Waals surface area contributed by atoms with E-state index in [2.05, 4.69) is 13.0 Å². The van der Waals surface area contributed by atoms with Crippen molar-refractivity contribution in [1.29, 1.82) is 0 Å². The number of carboxylic acid groups (broad SMARTS) is 1. The minimum absolute atomic E-state index is 0.0156. The van der Waals surface area contributed by atoms with E-state index < -0.39 is 30.4 Å². The molecule has 0 heterocycles. The van der Waals surface area contributed by atoms with Gasteiger partial charge in [0, 0.05) is 12.3 Å². The summed E-state index contributed by atoms with van der Waals surface area (Å²) in [6.45, 7) is 5.85. The fourth-order valence-corrected chi connectivity index (χ4v) is 4.52. The molecule has 0 amide bonds. The van der Waals surface area contributed by atoms with Crippen molar-refractivity contribution in [3.8, 4) is 0 Å². The van der Waals surface area contributed by atoms with Gasteiger partial charge in [-0.15, -0.1) is 0 Å². The molecule has 0 bridgehead atoms. The number of rotatable bonds is 10. The third-order valence-corrected chi connectivity index (χ3v) is 6.44. The lowest BCUT2D eigenvalue weighted by molar-refractivity contribution is -0.159. The summed E-state index contributed by atoms with van der Waals surface area (Å²) < 4.78 is 5.84. The predicted molar refractivity (Wildman–Crippen MR) is 111 cm³/mol. The summed E-state index contributed by atoms with van der Waals surface area (Å²) in [5.41, 5.74) is 0.958. The highest BCUT2D eigenvalue weighted by atomic mass is 16.5. The number of allylic oxidation sites excluding steroid dienone is 2. The number of fused-ring (bicyclic) bond motifs is 1. The molecule has 0 aromatic carbocycles. The van der Waals surface area contributed by atoms with E-state index in [1.807, 2.05) is 26.0 Å². The van der Waals surface area contributed by atoms with Crippen molar-refractivity contribution < 1.29 is 34.8 Å². The van der Waals surface area contributed by atoms with Crippen molar-refractivity contribution >= 4 is 11.9 Å². The SMILES string of the molecule is CCC(C)C(=O)O[C@H]1C[C@H](O)C=C2C=C[C@H](C)[C@H](CCC(O)CC(O)CC(=O)O)[C@H]21. The largest absolute Gasteiger partial charge is 0.481 e. The minimum Gasteiger partial charge on any atom is -0.481 e. The number of aliphatic hydroxyl groups excluding tert-OH is 3. The van der Waals surface area contributed by atoms with Crippen LogP contribution < -0.4 is 0 Å². The predicted octanol–water partition coefficient (Wildman–Crippen LogP) is 2.44. The van der Waals surface area contributed by atoms with Crippen LogP contribution in [0.2, 0.25) is 0 Å². The average molecular weight is 425 g/mol. The third kappa shape index (κ3) is 6.65. The van der Waals surface area contributed by atoms with Crippen LogP contribution in [0.25, 0.3) is 0 Å². The maximum atomic E-state index is 12.4. The van der Waals surface area contributed by atoms with E-state index in [0.717, 1.165) is 5.57 Å². The maximum absolute atomic E-state index is 12.4. The van der Waals surface area contributed by atoms with E-state index in [1.165, 1.54) is 0 Å². The van der Waals surface area contributed by atoms with Gasteiger partial charge in [-0.25, -0.2) is 0 Å². The summed E-state index contributed by atoms with van der Waals surface area (Å²) in [6.07, 6.45) is 4.64. The second-order valence-corrected chi connectivity index (χ2v) is 8.88. The van der Waals surface area contributed by atoms with E-state index in [-0.39, 0.29) is 42.5 Å². The van der Waals surface area contributed by atoms with E-state index in [0.29, 0.717) is 25.7 Å². The molecule has 2 rings (SSSR count). The molecule has 0 aromatic rings. The summed E-state index contributed by atoms with van der Waals surface area (Å²) in [5.74, 6) is -1.31. The average Bonchev–Trinajstić information content (AvgIpc) is 2.65. The minimum atomic E-state index is -1.10. The Morgan fingerprint density at radius 2 is 1.97 bits per heavy atom. The number of esters is 1. The second-order valence-electron chi connectivity index (χ2n) is 8.88. The van der Waals surface area contributed by atoms with Gasteiger partial charge in [-0.3, -0.25) is 9.59 Å². The smallest absolute Gasteiger partial charge is 0.308 e. The van der Waals surface area contributed by atoms with Gasteiger partial charge >= 0.3 is 11.9 Å². The molecule has 3 unspecified atom stereocenters. The first-order valence-electron chi connectivity index (χ1n) is 11.0. The Morgan fingerprint density at radius 1 is 1.27 bits per heavy atom. The van der Waals surface area contributed by atoms with E-state index >= 15 is 0 Å². The number of carbonyl (C=O) groups excluding carboxylic acids is 1. The number of hydrogen-bond donors (Lipinski definition) is 4. The van der Waals surface area contributed by atoms with Crippen molar-refractivity contribution in [1.82, 2.24) is 0 Å². The molecule has 30 heavy (non-hydrogen) atoms. The van der Waals surface area contributed by atoms with Crippen LogP contribution >= 0.6 is 0 Å². The lowest BCUT2D eigenvalue weighted by atomic mass is 9.66. The van der Waals surface area contributed by atoms with Gasteiger partial charge in [0.15, 0.2) is 0 Å². The van der Waals surface area contributed by atoms with E-state index in [4.69, 9.17) is 9.84 Å². The van der Waals surface area contributed by atoms with Crippen molar-refractivity contribution in [2.75, 3.05) is 0 Å². The molecule has 7 heteroatoms. The molecule has 0 saturated carbocycles. The standard InChI is InChI=1S/C23H36O7/c1-4-13(2)23(29)30-20-11-17(25)9-15-6-5-14(3)19(22(15)20)8-7-16(24)10-18(26)12-21(27)28/h5-6,9,13-14,16-20,22,24-26H,4,7-8,10-12H2,1-3H3,(H,27,28)/t13?,14-,16?,17+,18?,19-,20-,22-/m0/s1. The van der Waals surface area contributed by atoms with Crippen LogP contribution in [-0.2, 0) is 14.3 Å². The monoisotopic (exact) mass is 424 g/mol. The third-order valence-electron chi connectivity index (χ3n) is 6.44. The maximum Gasteiger partial charge on any atom is 0.308 e. The van der Waals surface area contributed by atoms with Gasteiger partial charge in [0.25, 0.3) is 0 Å². The zero-order valence-electron chi connectivity index (χ0n) is 18.1. The van der Waals surface area contributed by atoms with E-state index in [9.17, 15) is 24.9 Å². The molecule has 4 N–H and O–H groups in total. The number of ether oxygens (including phenoxy) is 1. The number of hydrogen-bond acceptors (Lipinski definition) is 6. The van der Waals surface area contributed by atoms with Crippen LogP contribution in [-0.4, -0.2) is 56.8 Å². The van der Waals surface area contributed by atoms with Gasteiger partial charge in [-0.1, -0.05) is 39.0 Å². The molecule has 0 spiro atoms. The second kappa shape index (κ2) is 11.1. The molecule has 0 saturated heterocycles. The first kappa shape index (κ1) is 24.6. The molecule has 7 nitrogen and oxygen atoms in total. The number of carboxylic acids is 1. The summed E-state index contributed by atoms with van der Waals surface area (Å²) in [5, 5.41) is 39.1. The summed E-state index contributed by atoms with van der Waals surface area (Å²) in [4.78, 5) is 23.1. The number of aliphatic carboxylic acids is 1. The zero-order chi connectivity index (χ0) is 22.4. The van der Waals surface area contributed by atoms with Crippen molar-refractivity contribution in [3.05, 3.63) is 23.8 Å². The molecular formula is C23H36O7. The lowest BCUT2D eigenvalue weighted by Crippen LogP contribution is -2.43. The molecule has 0 aliphatic heterocycles. The topological polar surface area (TPSA) is 124 Å². The Morgan fingerprint density at radius 3 is 2.60 bits per heavy atom. The fraction of sp³-hybridized carbons (Fsp3) is 0.739. The number of aliphatic hydroxyl groups is 3. The van der Waals surface area contributed by atoms with Gasteiger partial charge in [-0.2, -0.15) is 0 Å². The van der Waals surface area contributed by atoms with Crippen LogP contribution in [0.3, 0.4) is 0 Å². The van der Waals surface area contributed by atoms with Crippen LogP contribution in [0.5, 0.6) is 0 Å². The van der Waals surface area contributed by atoms with Crippen molar-refractivity contribution in [2.45, 2.75) is 83.7 Å². The van der Waals surface area contributed by atoms with Crippen LogP contribution in [0, 0.1) is 23.7 Å². The molecule has 8 atom stereocenters. The first-order chi connectivity index (χ1) is 14.1. The highest BCUT2D eigenvalue weighted by Gasteiger charge is 2.42. The molecule has 0 fully saturated rings. The Kier molecular flexibility index (Phi) is 9.07. The zero-order valence-corrected chi connectivity index (χ0v) is 18.1. The van der Waals surface area contributed by atoms with Gasteiger partial charge in [0.2, 0.25) is 0 Å². The Balaban J connectivity index is 2.09. The Labute approximate surface area is 178 Å². The number of carbonyl (C=O) groups is 2. The highest BCUT2D eigenvalue weighted by molar-refractivity contribution is 5.72. The van der Waals surface area contributed by atoms with Crippen molar-refractivity contribution in [3.63, 3.8) is 0 Å². The van der Waals surface area contributed by atoms with Gasteiger partial charge < -0.3 is 25.2 Å². The molecule has 2 aliphatic rings. The van der Waals surface area contributed by atoms with Crippen LogP contribution in [0.15, 0.2) is 23.8 Å². The normalized spacial score (nSPS) is 31.3. The van der Waals surface area contributed by atoms with Gasteiger partial charge in [0.05, 0.1) is 30.7 Å². The summed E-state index contributed by atoms with van der Waals surface area (Å²) >= 11 is 0. The first-order valence-corrected chi connectivity index (χ1v) is 11.0.